The second kappa shape index (κ2) is 5.61. The summed E-state index contributed by atoms with van der Waals surface area (Å²) < 4.78 is 18.3. The Hall–Kier alpha value is -1.42. The fourth-order valence-corrected chi connectivity index (χ4v) is 1.44. The topological polar surface area (TPSA) is 52.3 Å². The van der Waals surface area contributed by atoms with Crippen molar-refractivity contribution in [1.29, 1.82) is 0 Å². The van der Waals surface area contributed by atoms with Crippen LogP contribution in [0.4, 0.5) is 4.39 Å². The van der Waals surface area contributed by atoms with Crippen molar-refractivity contribution < 1.29 is 13.9 Å². The van der Waals surface area contributed by atoms with Crippen molar-refractivity contribution in [3.63, 3.8) is 0 Å². The molecule has 0 aliphatic carbocycles. The zero-order valence-corrected chi connectivity index (χ0v) is 9.50. The molecule has 16 heavy (non-hydrogen) atoms. The fourth-order valence-electron chi connectivity index (χ4n) is 1.44. The van der Waals surface area contributed by atoms with Crippen molar-refractivity contribution in [2.75, 3.05) is 6.61 Å². The number of esters is 1. The van der Waals surface area contributed by atoms with Crippen LogP contribution in [0.2, 0.25) is 0 Å². The third kappa shape index (κ3) is 3.31. The number of hydrogen-bond donors (Lipinski definition) is 1. The van der Waals surface area contributed by atoms with Gasteiger partial charge in [0.2, 0.25) is 0 Å². The van der Waals surface area contributed by atoms with Crippen molar-refractivity contribution in [3.8, 4) is 0 Å². The van der Waals surface area contributed by atoms with Gasteiger partial charge in [-0.05, 0) is 25.5 Å². The van der Waals surface area contributed by atoms with Crippen LogP contribution in [0.5, 0.6) is 0 Å². The van der Waals surface area contributed by atoms with Gasteiger partial charge in [0.25, 0.3) is 0 Å². The number of nitrogens with two attached hydrogens (primary N) is 1. The molecule has 0 bridgehead atoms. The molecule has 0 radical (unpaired) electrons. The molecule has 0 spiro atoms. The van der Waals surface area contributed by atoms with E-state index in [9.17, 15) is 9.18 Å². The number of carbonyl (C=O) groups excluding carboxylic acids is 1. The predicted octanol–water partition coefficient (Wildman–Crippen LogP) is 2.09. The molecule has 0 heterocycles. The monoisotopic (exact) mass is 225 g/mol. The first-order valence-electron chi connectivity index (χ1n) is 5.21. The van der Waals surface area contributed by atoms with Gasteiger partial charge in [0.05, 0.1) is 13.0 Å². The molecule has 1 aromatic rings. The van der Waals surface area contributed by atoms with E-state index in [0.29, 0.717) is 12.2 Å². The van der Waals surface area contributed by atoms with Gasteiger partial charge < -0.3 is 10.5 Å². The molecular weight excluding hydrogens is 209 g/mol. The Bertz CT molecular complexity index is 379. The molecule has 1 aromatic carbocycles. The molecule has 0 amide bonds. The molecule has 0 saturated heterocycles. The molecule has 0 aliphatic heterocycles. The summed E-state index contributed by atoms with van der Waals surface area (Å²) in [5, 5.41) is 0. The number of halogens is 1. The molecule has 3 nitrogen and oxygen atoms in total. The molecule has 88 valence electrons. The summed E-state index contributed by atoms with van der Waals surface area (Å²) in [5.41, 5.74) is 6.91. The summed E-state index contributed by atoms with van der Waals surface area (Å²) >= 11 is 0. The molecule has 0 unspecified atom stereocenters. The van der Waals surface area contributed by atoms with E-state index in [0.717, 1.165) is 5.56 Å². The Labute approximate surface area is 94.4 Å². The van der Waals surface area contributed by atoms with Crippen LogP contribution < -0.4 is 5.73 Å². The van der Waals surface area contributed by atoms with E-state index in [1.807, 2.05) is 0 Å². The third-order valence-electron chi connectivity index (χ3n) is 2.25. The Balaban J connectivity index is 2.72. The quantitative estimate of drug-likeness (QED) is 0.798. The Morgan fingerprint density at radius 1 is 1.56 bits per heavy atom. The van der Waals surface area contributed by atoms with Crippen LogP contribution in [0, 0.1) is 12.7 Å². The van der Waals surface area contributed by atoms with Crippen LogP contribution in [0.1, 0.15) is 30.5 Å². The average Bonchev–Trinajstić information content (AvgIpc) is 2.17. The summed E-state index contributed by atoms with van der Waals surface area (Å²) in [5.74, 6) is -0.785. The van der Waals surface area contributed by atoms with E-state index >= 15 is 0 Å². The molecule has 2 N–H and O–H groups in total. The lowest BCUT2D eigenvalue weighted by molar-refractivity contribution is -0.143. The molecule has 1 atom stereocenters. The van der Waals surface area contributed by atoms with Gasteiger partial charge in [-0.1, -0.05) is 12.1 Å². The smallest absolute Gasteiger partial charge is 0.307 e. The standard InChI is InChI=1S/C12H16FNO2/c1-3-16-12(15)7-11(14)9-5-4-8(2)6-10(9)13/h4-6,11H,3,7,14H2,1-2H3/t11-/m0/s1. The van der Waals surface area contributed by atoms with Gasteiger partial charge in [0, 0.05) is 11.6 Å². The average molecular weight is 225 g/mol. The SMILES string of the molecule is CCOC(=O)C[C@H](N)c1ccc(C)cc1F. The van der Waals surface area contributed by atoms with E-state index in [1.54, 1.807) is 26.0 Å². The maximum Gasteiger partial charge on any atom is 0.307 e. The van der Waals surface area contributed by atoms with Crippen molar-refractivity contribution in [1.82, 2.24) is 0 Å². The zero-order chi connectivity index (χ0) is 12.1. The fraction of sp³-hybridized carbons (Fsp3) is 0.417. The maximum absolute atomic E-state index is 13.5. The second-order valence-corrected chi connectivity index (χ2v) is 3.64. The van der Waals surface area contributed by atoms with Crippen molar-refractivity contribution >= 4 is 5.97 Å². The van der Waals surface area contributed by atoms with Gasteiger partial charge >= 0.3 is 5.97 Å². The Kier molecular flexibility index (Phi) is 4.43. The van der Waals surface area contributed by atoms with Gasteiger partial charge in [-0.3, -0.25) is 4.79 Å². The predicted molar refractivity (Wildman–Crippen MR) is 59.3 cm³/mol. The van der Waals surface area contributed by atoms with E-state index in [1.165, 1.54) is 6.07 Å². The van der Waals surface area contributed by atoms with Crippen LogP contribution in [0.15, 0.2) is 18.2 Å². The van der Waals surface area contributed by atoms with Crippen LogP contribution in [-0.4, -0.2) is 12.6 Å². The Morgan fingerprint density at radius 2 is 2.25 bits per heavy atom. The second-order valence-electron chi connectivity index (χ2n) is 3.64. The summed E-state index contributed by atoms with van der Waals surface area (Å²) in [4.78, 5) is 11.2. The molecule has 1 rings (SSSR count). The zero-order valence-electron chi connectivity index (χ0n) is 9.50. The number of ether oxygens (including phenoxy) is 1. The summed E-state index contributed by atoms with van der Waals surface area (Å²) in [6.07, 6.45) is -0.00613. The summed E-state index contributed by atoms with van der Waals surface area (Å²) in [6, 6.07) is 4.12. The first-order chi connectivity index (χ1) is 7.54. The van der Waals surface area contributed by atoms with Gasteiger partial charge in [0.1, 0.15) is 5.82 Å². The van der Waals surface area contributed by atoms with Crippen molar-refractivity contribution in [2.45, 2.75) is 26.3 Å². The lowest BCUT2D eigenvalue weighted by Gasteiger charge is -2.12. The number of rotatable bonds is 4. The highest BCUT2D eigenvalue weighted by molar-refractivity contribution is 5.70. The summed E-state index contributed by atoms with van der Waals surface area (Å²) in [6.45, 7) is 3.82. The molecule has 4 heteroatoms. The van der Waals surface area contributed by atoms with Crippen LogP contribution in [-0.2, 0) is 9.53 Å². The van der Waals surface area contributed by atoms with Crippen LogP contribution >= 0.6 is 0 Å². The normalized spacial score (nSPS) is 12.2. The van der Waals surface area contributed by atoms with Crippen LogP contribution in [0.3, 0.4) is 0 Å². The van der Waals surface area contributed by atoms with Gasteiger partial charge in [-0.15, -0.1) is 0 Å². The number of aryl methyl sites for hydroxylation is 1. The number of carbonyl (C=O) groups is 1. The van der Waals surface area contributed by atoms with E-state index in [4.69, 9.17) is 10.5 Å². The van der Waals surface area contributed by atoms with E-state index in [2.05, 4.69) is 0 Å². The molecule has 0 fully saturated rings. The molecule has 0 saturated carbocycles. The Morgan fingerprint density at radius 3 is 2.81 bits per heavy atom. The largest absolute Gasteiger partial charge is 0.466 e. The third-order valence-corrected chi connectivity index (χ3v) is 2.25. The van der Waals surface area contributed by atoms with E-state index < -0.39 is 12.0 Å². The minimum absolute atomic E-state index is 0.00613. The highest BCUT2D eigenvalue weighted by atomic mass is 19.1. The minimum atomic E-state index is -0.653. The highest BCUT2D eigenvalue weighted by Crippen LogP contribution is 2.19. The summed E-state index contributed by atoms with van der Waals surface area (Å²) in [7, 11) is 0. The van der Waals surface area contributed by atoms with Crippen molar-refractivity contribution in [3.05, 3.63) is 35.1 Å². The lowest BCUT2D eigenvalue weighted by Crippen LogP contribution is -2.18. The first-order valence-corrected chi connectivity index (χ1v) is 5.21. The number of hydrogen-bond acceptors (Lipinski definition) is 3. The number of benzene rings is 1. The highest BCUT2D eigenvalue weighted by Gasteiger charge is 2.15. The van der Waals surface area contributed by atoms with Gasteiger partial charge in [0.15, 0.2) is 0 Å². The first kappa shape index (κ1) is 12.6. The molecule has 0 aromatic heterocycles. The minimum Gasteiger partial charge on any atom is -0.466 e. The van der Waals surface area contributed by atoms with Crippen molar-refractivity contribution in [2.24, 2.45) is 5.73 Å². The van der Waals surface area contributed by atoms with Gasteiger partial charge in [-0.25, -0.2) is 4.39 Å². The maximum atomic E-state index is 13.5. The van der Waals surface area contributed by atoms with Gasteiger partial charge in [-0.2, -0.15) is 0 Å². The lowest BCUT2D eigenvalue weighted by atomic mass is 10.0. The van der Waals surface area contributed by atoms with Crippen LogP contribution in [0.25, 0.3) is 0 Å². The van der Waals surface area contributed by atoms with E-state index in [-0.39, 0.29) is 12.2 Å². The molecular formula is C12H16FNO2. The molecule has 0 aliphatic rings.